The lowest BCUT2D eigenvalue weighted by Gasteiger charge is -2.04. The van der Waals surface area contributed by atoms with Crippen LogP contribution in [0.25, 0.3) is 10.9 Å². The molecule has 2 rings (SSSR count). The van der Waals surface area contributed by atoms with E-state index in [0.717, 1.165) is 18.7 Å². The molecule has 100 valence electrons. The number of ether oxygens (including phenoxy) is 1. The third-order valence-electron chi connectivity index (χ3n) is 3.00. The van der Waals surface area contributed by atoms with Gasteiger partial charge in [-0.05, 0) is 50.6 Å². The Bertz CT molecular complexity index is 508. The minimum atomic E-state index is 0. The molecule has 2 aromatic rings. The Morgan fingerprint density at radius 1 is 1.28 bits per heavy atom. The zero-order chi connectivity index (χ0) is 12.3. The summed E-state index contributed by atoms with van der Waals surface area (Å²) < 4.78 is 7.81. The summed E-state index contributed by atoms with van der Waals surface area (Å²) >= 11 is 0. The van der Waals surface area contributed by atoms with Crippen LogP contribution in [0.3, 0.4) is 0 Å². The highest BCUT2D eigenvalue weighted by molar-refractivity contribution is 5.86. The van der Waals surface area contributed by atoms with Gasteiger partial charge >= 0.3 is 0 Å². The second-order valence-corrected chi connectivity index (χ2v) is 4.09. The first-order valence-electron chi connectivity index (χ1n) is 6.24. The summed E-state index contributed by atoms with van der Waals surface area (Å²) in [4.78, 5) is 0. The van der Waals surface area contributed by atoms with Crippen molar-refractivity contribution in [2.75, 3.05) is 13.2 Å². The highest BCUT2D eigenvalue weighted by atomic mass is 35.5. The molecule has 0 amide bonds. The Morgan fingerprint density at radius 2 is 2.06 bits per heavy atom. The monoisotopic (exact) mass is 268 g/mol. The lowest BCUT2D eigenvalue weighted by atomic mass is 10.1. The van der Waals surface area contributed by atoms with E-state index in [1.54, 1.807) is 0 Å². The predicted octanol–water partition coefficient (Wildman–Crippen LogP) is 2.98. The van der Waals surface area contributed by atoms with E-state index in [4.69, 9.17) is 10.5 Å². The van der Waals surface area contributed by atoms with Gasteiger partial charge in [0, 0.05) is 23.6 Å². The van der Waals surface area contributed by atoms with Crippen molar-refractivity contribution in [1.82, 2.24) is 4.57 Å². The number of nitrogens with zero attached hydrogens (tertiary/aromatic N) is 1. The number of nitrogens with two attached hydrogens (primary N) is 1. The third kappa shape index (κ3) is 2.79. The van der Waals surface area contributed by atoms with E-state index in [0.29, 0.717) is 13.2 Å². The molecule has 1 heterocycles. The standard InChI is InChI=1S/C14H20N2O.ClH/c1-3-16-10-11(7-8-15)13-9-12(17-4-2)5-6-14(13)16;/h5-6,9-10H,3-4,7-8,15H2,1-2H3;1H. The molecule has 3 nitrogen and oxygen atoms in total. The van der Waals surface area contributed by atoms with Gasteiger partial charge in [-0.2, -0.15) is 0 Å². The first-order valence-corrected chi connectivity index (χ1v) is 6.24. The van der Waals surface area contributed by atoms with Gasteiger partial charge in [0.25, 0.3) is 0 Å². The molecule has 0 radical (unpaired) electrons. The molecule has 18 heavy (non-hydrogen) atoms. The fourth-order valence-electron chi connectivity index (χ4n) is 2.22. The molecule has 4 heteroatoms. The van der Waals surface area contributed by atoms with Crippen LogP contribution in [0, 0.1) is 0 Å². The zero-order valence-corrected chi connectivity index (χ0v) is 11.8. The van der Waals surface area contributed by atoms with Gasteiger partial charge in [0.15, 0.2) is 0 Å². The molecule has 1 aromatic heterocycles. The van der Waals surface area contributed by atoms with Crippen LogP contribution in [0.1, 0.15) is 19.4 Å². The highest BCUT2D eigenvalue weighted by Gasteiger charge is 2.08. The van der Waals surface area contributed by atoms with Crippen LogP contribution in [-0.4, -0.2) is 17.7 Å². The van der Waals surface area contributed by atoms with Gasteiger partial charge in [0.1, 0.15) is 5.75 Å². The van der Waals surface area contributed by atoms with Gasteiger partial charge in [0.05, 0.1) is 6.61 Å². The average Bonchev–Trinajstić information content (AvgIpc) is 2.68. The van der Waals surface area contributed by atoms with Crippen molar-refractivity contribution < 1.29 is 4.74 Å². The Labute approximate surface area is 114 Å². The van der Waals surface area contributed by atoms with Crippen molar-refractivity contribution in [3.63, 3.8) is 0 Å². The second-order valence-electron chi connectivity index (χ2n) is 4.09. The van der Waals surface area contributed by atoms with Gasteiger partial charge in [-0.1, -0.05) is 0 Å². The maximum Gasteiger partial charge on any atom is 0.120 e. The summed E-state index contributed by atoms with van der Waals surface area (Å²) in [6, 6.07) is 6.28. The summed E-state index contributed by atoms with van der Waals surface area (Å²) in [5.41, 5.74) is 8.23. The van der Waals surface area contributed by atoms with Crippen LogP contribution in [0.4, 0.5) is 0 Å². The smallest absolute Gasteiger partial charge is 0.120 e. The molecule has 2 N–H and O–H groups in total. The van der Waals surface area contributed by atoms with Crippen LogP contribution in [0.15, 0.2) is 24.4 Å². The first kappa shape index (κ1) is 14.9. The molecule has 0 aliphatic rings. The minimum absolute atomic E-state index is 0. The maximum absolute atomic E-state index is 5.66. The fourth-order valence-corrected chi connectivity index (χ4v) is 2.22. The van der Waals surface area contributed by atoms with Gasteiger partial charge in [0.2, 0.25) is 0 Å². The molecule has 0 fully saturated rings. The summed E-state index contributed by atoms with van der Waals surface area (Å²) in [6.45, 7) is 6.52. The van der Waals surface area contributed by atoms with Crippen molar-refractivity contribution in [2.45, 2.75) is 26.8 Å². The molecule has 0 saturated carbocycles. The Balaban J connectivity index is 0.00000162. The average molecular weight is 269 g/mol. The molecule has 0 aliphatic carbocycles. The Hall–Kier alpha value is -1.19. The van der Waals surface area contributed by atoms with E-state index in [-0.39, 0.29) is 12.4 Å². The normalized spacial score (nSPS) is 10.4. The number of benzene rings is 1. The second kappa shape index (κ2) is 6.66. The fraction of sp³-hybridized carbons (Fsp3) is 0.429. The highest BCUT2D eigenvalue weighted by Crippen LogP contribution is 2.26. The molecular weight excluding hydrogens is 248 g/mol. The number of fused-ring (bicyclic) bond motifs is 1. The van der Waals surface area contributed by atoms with E-state index in [9.17, 15) is 0 Å². The number of aromatic nitrogens is 1. The zero-order valence-electron chi connectivity index (χ0n) is 11.0. The van der Waals surface area contributed by atoms with Crippen LogP contribution in [-0.2, 0) is 13.0 Å². The van der Waals surface area contributed by atoms with Crippen LogP contribution in [0.5, 0.6) is 5.75 Å². The lowest BCUT2D eigenvalue weighted by Crippen LogP contribution is -2.02. The molecule has 0 atom stereocenters. The third-order valence-corrected chi connectivity index (χ3v) is 3.00. The summed E-state index contributed by atoms with van der Waals surface area (Å²) in [7, 11) is 0. The molecule has 0 unspecified atom stereocenters. The van der Waals surface area contributed by atoms with E-state index in [1.165, 1.54) is 16.5 Å². The quantitative estimate of drug-likeness (QED) is 0.906. The van der Waals surface area contributed by atoms with E-state index in [2.05, 4.69) is 29.8 Å². The number of rotatable bonds is 5. The van der Waals surface area contributed by atoms with Crippen LogP contribution >= 0.6 is 12.4 Å². The van der Waals surface area contributed by atoms with Crippen LogP contribution in [0.2, 0.25) is 0 Å². The van der Waals surface area contributed by atoms with E-state index >= 15 is 0 Å². The van der Waals surface area contributed by atoms with Gasteiger partial charge in [-0.3, -0.25) is 0 Å². The summed E-state index contributed by atoms with van der Waals surface area (Å²) in [6.07, 6.45) is 3.12. The van der Waals surface area contributed by atoms with E-state index in [1.807, 2.05) is 13.0 Å². The van der Waals surface area contributed by atoms with Crippen LogP contribution < -0.4 is 10.5 Å². The molecular formula is C14H21ClN2O. The molecule has 0 saturated heterocycles. The van der Waals surface area contributed by atoms with Crippen molar-refractivity contribution in [1.29, 1.82) is 0 Å². The largest absolute Gasteiger partial charge is 0.494 e. The summed E-state index contributed by atoms with van der Waals surface area (Å²) in [5.74, 6) is 0.937. The van der Waals surface area contributed by atoms with Crippen molar-refractivity contribution in [2.24, 2.45) is 5.73 Å². The Morgan fingerprint density at radius 3 is 2.67 bits per heavy atom. The van der Waals surface area contributed by atoms with Crippen molar-refractivity contribution in [3.05, 3.63) is 30.0 Å². The topological polar surface area (TPSA) is 40.2 Å². The van der Waals surface area contributed by atoms with Gasteiger partial charge in [-0.25, -0.2) is 0 Å². The minimum Gasteiger partial charge on any atom is -0.494 e. The number of aryl methyl sites for hydroxylation is 1. The summed E-state index contributed by atoms with van der Waals surface area (Å²) in [5, 5.41) is 1.27. The molecule has 0 bridgehead atoms. The number of hydrogen-bond acceptors (Lipinski definition) is 2. The van der Waals surface area contributed by atoms with E-state index < -0.39 is 0 Å². The SMILES string of the molecule is CCOc1ccc2c(c1)c(CCN)cn2CC.Cl. The van der Waals surface area contributed by atoms with Gasteiger partial charge < -0.3 is 15.0 Å². The molecule has 1 aromatic carbocycles. The van der Waals surface area contributed by atoms with Crippen molar-refractivity contribution >= 4 is 23.3 Å². The predicted molar refractivity (Wildman–Crippen MR) is 78.8 cm³/mol. The van der Waals surface area contributed by atoms with Gasteiger partial charge in [-0.15, -0.1) is 12.4 Å². The lowest BCUT2D eigenvalue weighted by molar-refractivity contribution is 0.340. The molecule has 0 aliphatic heterocycles. The maximum atomic E-state index is 5.66. The van der Waals surface area contributed by atoms with Crippen molar-refractivity contribution in [3.8, 4) is 5.75 Å². The Kier molecular flexibility index (Phi) is 5.51. The first-order chi connectivity index (χ1) is 8.30. The molecule has 0 spiro atoms. The number of hydrogen-bond donors (Lipinski definition) is 1. The number of halogens is 1.